The van der Waals surface area contributed by atoms with Gasteiger partial charge in [0, 0.05) is 0 Å². The molecular formula is C19H26O8. The molecule has 1 saturated heterocycles. The first kappa shape index (κ1) is 21.0. The van der Waals surface area contributed by atoms with Crippen LogP contribution in [0.4, 0.5) is 4.79 Å². The van der Waals surface area contributed by atoms with Gasteiger partial charge in [-0.2, -0.15) is 0 Å². The third-order valence-corrected chi connectivity index (χ3v) is 3.89. The highest BCUT2D eigenvalue weighted by Crippen LogP contribution is 2.30. The summed E-state index contributed by atoms with van der Waals surface area (Å²) in [6, 6.07) is 7.27. The number of carbonyl (C=O) groups is 2. The van der Waals surface area contributed by atoms with Gasteiger partial charge in [-0.05, 0) is 45.4 Å². The Kier molecular flexibility index (Phi) is 6.33. The zero-order valence-corrected chi connectivity index (χ0v) is 16.2. The molecule has 0 radical (unpaired) electrons. The Hall–Kier alpha value is -2.32. The summed E-state index contributed by atoms with van der Waals surface area (Å²) in [5.74, 6) is -0.153. The van der Waals surface area contributed by atoms with Crippen LogP contribution >= 0.6 is 0 Å². The van der Waals surface area contributed by atoms with Crippen LogP contribution in [0, 0.1) is 0 Å². The molecule has 2 rings (SSSR count). The minimum Gasteiger partial charge on any atom is -0.497 e. The number of hydrogen-bond donors (Lipinski definition) is 1. The van der Waals surface area contributed by atoms with Gasteiger partial charge < -0.3 is 28.8 Å². The van der Waals surface area contributed by atoms with E-state index in [4.69, 9.17) is 23.7 Å². The zero-order valence-electron chi connectivity index (χ0n) is 16.2. The Bertz CT molecular complexity index is 659. The van der Waals surface area contributed by atoms with E-state index in [2.05, 4.69) is 0 Å². The molecule has 0 spiro atoms. The minimum atomic E-state index is -1.98. The molecule has 27 heavy (non-hydrogen) atoms. The quantitative estimate of drug-likeness (QED) is 0.748. The van der Waals surface area contributed by atoms with Crippen molar-refractivity contribution < 1.29 is 38.4 Å². The highest BCUT2D eigenvalue weighted by atomic mass is 16.8. The van der Waals surface area contributed by atoms with Crippen molar-refractivity contribution in [3.8, 4) is 5.75 Å². The van der Waals surface area contributed by atoms with Crippen LogP contribution in [0.1, 0.15) is 33.3 Å². The molecule has 1 N–H and O–H groups in total. The molecule has 0 saturated carbocycles. The molecule has 3 atom stereocenters. The molecule has 1 aliphatic heterocycles. The number of esters is 1. The maximum atomic E-state index is 11.9. The Balaban J connectivity index is 1.96. The summed E-state index contributed by atoms with van der Waals surface area (Å²) in [6.45, 7) is 6.46. The van der Waals surface area contributed by atoms with Gasteiger partial charge in [-0.15, -0.1) is 0 Å². The van der Waals surface area contributed by atoms with E-state index in [0.29, 0.717) is 0 Å². The predicted molar refractivity (Wildman–Crippen MR) is 94.3 cm³/mol. The van der Waals surface area contributed by atoms with Crippen molar-refractivity contribution in [2.45, 2.75) is 57.7 Å². The number of benzene rings is 1. The van der Waals surface area contributed by atoms with E-state index in [1.54, 1.807) is 40.0 Å². The predicted octanol–water partition coefficient (Wildman–Crippen LogP) is 2.21. The van der Waals surface area contributed by atoms with Gasteiger partial charge in [0.15, 0.2) is 17.8 Å². The van der Waals surface area contributed by atoms with Crippen molar-refractivity contribution in [1.29, 1.82) is 0 Å². The van der Waals surface area contributed by atoms with Crippen LogP contribution in [0.5, 0.6) is 5.75 Å². The third-order valence-electron chi connectivity index (χ3n) is 3.89. The Morgan fingerprint density at radius 2 is 1.89 bits per heavy atom. The van der Waals surface area contributed by atoms with E-state index in [1.165, 1.54) is 6.92 Å². The summed E-state index contributed by atoms with van der Waals surface area (Å²) in [4.78, 5) is 23.8. The SMILES string of the molecule is COc1ccc(COC[C@H]2OC(=O)[C@@](C)(O)[C@@H]2OC(=O)OC(C)(C)C)cc1. The van der Waals surface area contributed by atoms with Crippen LogP contribution in [0.2, 0.25) is 0 Å². The first-order valence-electron chi connectivity index (χ1n) is 8.56. The number of ether oxygens (including phenoxy) is 5. The standard InChI is InChI=1S/C19H26O8/c1-18(2,3)27-17(21)26-15-14(25-16(20)19(15,4)22)11-24-10-12-6-8-13(23-5)9-7-12/h6-9,14-15,22H,10-11H2,1-5H3/t14-,15-,19+/m1/s1. The minimum absolute atomic E-state index is 0.0542. The Morgan fingerprint density at radius 1 is 1.26 bits per heavy atom. The molecule has 0 bridgehead atoms. The van der Waals surface area contributed by atoms with Crippen LogP contribution in [0.3, 0.4) is 0 Å². The third kappa shape index (κ3) is 5.58. The molecule has 1 heterocycles. The van der Waals surface area contributed by atoms with Gasteiger partial charge in [0.2, 0.25) is 0 Å². The fraction of sp³-hybridized carbons (Fsp3) is 0.579. The van der Waals surface area contributed by atoms with Crippen LogP contribution in [0.25, 0.3) is 0 Å². The molecule has 1 aliphatic rings. The van der Waals surface area contributed by atoms with Crippen LogP contribution in [-0.2, 0) is 30.3 Å². The van der Waals surface area contributed by atoms with Gasteiger partial charge in [0.1, 0.15) is 11.4 Å². The lowest BCUT2D eigenvalue weighted by Crippen LogP contribution is -2.47. The van der Waals surface area contributed by atoms with E-state index in [-0.39, 0.29) is 13.2 Å². The van der Waals surface area contributed by atoms with Gasteiger partial charge in [0.25, 0.3) is 0 Å². The van der Waals surface area contributed by atoms with E-state index in [0.717, 1.165) is 11.3 Å². The molecule has 0 unspecified atom stereocenters. The van der Waals surface area contributed by atoms with Crippen molar-refractivity contribution in [1.82, 2.24) is 0 Å². The summed E-state index contributed by atoms with van der Waals surface area (Å²) in [7, 11) is 1.58. The zero-order chi connectivity index (χ0) is 20.2. The summed E-state index contributed by atoms with van der Waals surface area (Å²) >= 11 is 0. The maximum Gasteiger partial charge on any atom is 0.509 e. The molecule has 8 nitrogen and oxygen atoms in total. The number of cyclic esters (lactones) is 1. The number of carbonyl (C=O) groups excluding carboxylic acids is 2. The second-order valence-electron chi connectivity index (χ2n) is 7.46. The van der Waals surface area contributed by atoms with Crippen LogP contribution in [-0.4, -0.2) is 54.4 Å². The fourth-order valence-corrected chi connectivity index (χ4v) is 2.50. The fourth-order valence-electron chi connectivity index (χ4n) is 2.50. The van der Waals surface area contributed by atoms with Crippen molar-refractivity contribution in [2.24, 2.45) is 0 Å². The average Bonchev–Trinajstić information content (AvgIpc) is 2.77. The summed E-state index contributed by atoms with van der Waals surface area (Å²) in [6.07, 6.45) is -3.18. The molecule has 8 heteroatoms. The highest BCUT2D eigenvalue weighted by Gasteiger charge is 2.56. The summed E-state index contributed by atoms with van der Waals surface area (Å²) in [5, 5.41) is 10.3. The van der Waals surface area contributed by atoms with Crippen molar-refractivity contribution in [3.05, 3.63) is 29.8 Å². The second kappa shape index (κ2) is 8.14. The number of methoxy groups -OCH3 is 1. The lowest BCUT2D eigenvalue weighted by atomic mass is 9.98. The smallest absolute Gasteiger partial charge is 0.497 e. The van der Waals surface area contributed by atoms with Gasteiger partial charge in [-0.1, -0.05) is 12.1 Å². The number of aliphatic hydroxyl groups is 1. The number of hydrogen-bond acceptors (Lipinski definition) is 8. The van der Waals surface area contributed by atoms with Gasteiger partial charge in [-0.3, -0.25) is 0 Å². The van der Waals surface area contributed by atoms with E-state index in [1.807, 2.05) is 12.1 Å². The van der Waals surface area contributed by atoms with Gasteiger partial charge in [0.05, 0.1) is 20.3 Å². The molecule has 0 amide bonds. The van der Waals surface area contributed by atoms with Gasteiger partial charge >= 0.3 is 12.1 Å². The van der Waals surface area contributed by atoms with Crippen molar-refractivity contribution in [2.75, 3.05) is 13.7 Å². The molecule has 150 valence electrons. The molecular weight excluding hydrogens is 356 g/mol. The van der Waals surface area contributed by atoms with Crippen molar-refractivity contribution in [3.63, 3.8) is 0 Å². The lowest BCUT2D eigenvalue weighted by molar-refractivity contribution is -0.155. The Labute approximate surface area is 158 Å². The van der Waals surface area contributed by atoms with Crippen LogP contribution in [0.15, 0.2) is 24.3 Å². The molecule has 0 aromatic heterocycles. The first-order chi connectivity index (χ1) is 12.5. The highest BCUT2D eigenvalue weighted by molar-refractivity contribution is 5.83. The number of rotatable bonds is 6. The monoisotopic (exact) mass is 382 g/mol. The average molecular weight is 382 g/mol. The molecule has 1 fully saturated rings. The lowest BCUT2D eigenvalue weighted by Gasteiger charge is -2.26. The first-order valence-corrected chi connectivity index (χ1v) is 8.56. The molecule has 1 aromatic carbocycles. The Morgan fingerprint density at radius 3 is 2.44 bits per heavy atom. The molecule has 0 aliphatic carbocycles. The second-order valence-corrected chi connectivity index (χ2v) is 7.46. The summed E-state index contributed by atoms with van der Waals surface area (Å²) in [5.41, 5.74) is -1.87. The summed E-state index contributed by atoms with van der Waals surface area (Å²) < 4.78 is 26.0. The van der Waals surface area contributed by atoms with E-state index < -0.39 is 35.5 Å². The van der Waals surface area contributed by atoms with E-state index in [9.17, 15) is 14.7 Å². The van der Waals surface area contributed by atoms with E-state index >= 15 is 0 Å². The maximum absolute atomic E-state index is 11.9. The van der Waals surface area contributed by atoms with Gasteiger partial charge in [-0.25, -0.2) is 9.59 Å². The largest absolute Gasteiger partial charge is 0.509 e. The topological polar surface area (TPSA) is 101 Å². The van der Waals surface area contributed by atoms with Crippen molar-refractivity contribution >= 4 is 12.1 Å². The molecule has 1 aromatic rings. The normalized spacial score (nSPS) is 25.0. The van der Waals surface area contributed by atoms with Crippen LogP contribution < -0.4 is 4.74 Å².